The van der Waals surface area contributed by atoms with E-state index in [0.29, 0.717) is 10.6 Å². The molecule has 14 heavy (non-hydrogen) atoms. The van der Waals surface area contributed by atoms with Crippen molar-refractivity contribution in [3.05, 3.63) is 38.9 Å². The molecule has 76 valence electrons. The molecule has 0 spiro atoms. The van der Waals surface area contributed by atoms with E-state index < -0.39 is 11.0 Å². The molecule has 0 amide bonds. The summed E-state index contributed by atoms with van der Waals surface area (Å²) in [4.78, 5) is 10.1. The van der Waals surface area contributed by atoms with Gasteiger partial charge in [-0.1, -0.05) is 11.6 Å². The van der Waals surface area contributed by atoms with E-state index in [1.807, 2.05) is 0 Å². The third kappa shape index (κ3) is 2.20. The van der Waals surface area contributed by atoms with E-state index in [2.05, 4.69) is 0 Å². The smallest absolute Gasteiger partial charge is 0.275 e. The molecular weight excluding hydrogens is 206 g/mol. The molecule has 0 aromatic heterocycles. The summed E-state index contributed by atoms with van der Waals surface area (Å²) in [5.41, 5.74) is 11.3. The maximum absolute atomic E-state index is 10.6. The minimum absolute atomic E-state index is 0.0875. The molecule has 1 aromatic carbocycles. The van der Waals surface area contributed by atoms with Crippen LogP contribution < -0.4 is 11.5 Å². The lowest BCUT2D eigenvalue weighted by atomic mass is 10.1. The van der Waals surface area contributed by atoms with Crippen LogP contribution in [0.1, 0.15) is 11.6 Å². The van der Waals surface area contributed by atoms with Crippen LogP contribution in [0.2, 0.25) is 5.02 Å². The molecule has 0 aliphatic carbocycles. The second-order valence-corrected chi connectivity index (χ2v) is 3.24. The highest BCUT2D eigenvalue weighted by Crippen LogP contribution is 2.26. The van der Waals surface area contributed by atoms with Crippen molar-refractivity contribution in [2.45, 2.75) is 6.04 Å². The van der Waals surface area contributed by atoms with Gasteiger partial charge in [-0.2, -0.15) is 0 Å². The zero-order valence-corrected chi connectivity index (χ0v) is 8.07. The zero-order valence-electron chi connectivity index (χ0n) is 7.31. The van der Waals surface area contributed by atoms with E-state index in [9.17, 15) is 10.1 Å². The first-order valence-corrected chi connectivity index (χ1v) is 4.33. The Kier molecular flexibility index (Phi) is 3.40. The highest BCUT2D eigenvalue weighted by Gasteiger charge is 2.18. The Morgan fingerprint density at radius 3 is 2.71 bits per heavy atom. The third-order valence-electron chi connectivity index (χ3n) is 1.84. The van der Waals surface area contributed by atoms with Crippen LogP contribution in [0.25, 0.3) is 0 Å². The fourth-order valence-electron chi connectivity index (χ4n) is 1.12. The van der Waals surface area contributed by atoms with Crippen LogP contribution >= 0.6 is 11.6 Å². The normalized spacial score (nSPS) is 12.5. The molecule has 0 radical (unpaired) electrons. The van der Waals surface area contributed by atoms with Gasteiger partial charge in [-0.3, -0.25) is 10.1 Å². The Morgan fingerprint density at radius 1 is 1.57 bits per heavy atom. The van der Waals surface area contributed by atoms with Crippen molar-refractivity contribution in [3.8, 4) is 0 Å². The molecule has 0 saturated carbocycles. The highest BCUT2D eigenvalue weighted by molar-refractivity contribution is 6.30. The average molecular weight is 216 g/mol. The van der Waals surface area contributed by atoms with Crippen LogP contribution in [0, 0.1) is 10.1 Å². The van der Waals surface area contributed by atoms with E-state index >= 15 is 0 Å². The van der Waals surface area contributed by atoms with E-state index in [1.165, 1.54) is 12.1 Å². The Hall–Kier alpha value is -1.17. The highest BCUT2D eigenvalue weighted by atomic mass is 35.5. The lowest BCUT2D eigenvalue weighted by Crippen LogP contribution is -2.21. The number of hydrogen-bond donors (Lipinski definition) is 2. The molecule has 0 aliphatic heterocycles. The van der Waals surface area contributed by atoms with Gasteiger partial charge in [0, 0.05) is 29.2 Å². The SMILES string of the molecule is NC[C@@H](N)c1ccc(Cl)cc1[N+](=O)[O-]. The van der Waals surface area contributed by atoms with Gasteiger partial charge in [-0.25, -0.2) is 0 Å². The van der Waals surface area contributed by atoms with E-state index in [4.69, 9.17) is 23.1 Å². The number of nitro groups is 1. The van der Waals surface area contributed by atoms with Crippen LogP contribution in [0.3, 0.4) is 0 Å². The third-order valence-corrected chi connectivity index (χ3v) is 2.08. The molecule has 0 unspecified atom stereocenters. The molecule has 0 saturated heterocycles. The van der Waals surface area contributed by atoms with Gasteiger partial charge in [-0.05, 0) is 12.1 Å². The van der Waals surface area contributed by atoms with E-state index in [1.54, 1.807) is 6.07 Å². The van der Waals surface area contributed by atoms with Gasteiger partial charge in [0.1, 0.15) is 0 Å². The topological polar surface area (TPSA) is 95.2 Å². The van der Waals surface area contributed by atoms with Crippen molar-refractivity contribution in [1.29, 1.82) is 0 Å². The molecule has 1 aromatic rings. The largest absolute Gasteiger partial charge is 0.329 e. The minimum atomic E-state index is -0.535. The summed E-state index contributed by atoms with van der Waals surface area (Å²) in [6.45, 7) is 0.155. The molecular formula is C8H10ClN3O2. The van der Waals surface area contributed by atoms with Crippen LogP contribution in [0.5, 0.6) is 0 Å². The molecule has 1 atom stereocenters. The Bertz CT molecular complexity index is 356. The van der Waals surface area contributed by atoms with E-state index in [-0.39, 0.29) is 12.2 Å². The Morgan fingerprint density at radius 2 is 2.21 bits per heavy atom. The maximum Gasteiger partial charge on any atom is 0.275 e. The van der Waals surface area contributed by atoms with Gasteiger partial charge in [0.2, 0.25) is 0 Å². The number of benzene rings is 1. The van der Waals surface area contributed by atoms with Crippen LogP contribution in [0.15, 0.2) is 18.2 Å². The molecule has 4 N–H and O–H groups in total. The number of nitrogens with two attached hydrogens (primary N) is 2. The summed E-state index contributed by atoms with van der Waals surface area (Å²) in [7, 11) is 0. The lowest BCUT2D eigenvalue weighted by Gasteiger charge is -2.09. The maximum atomic E-state index is 10.6. The fourth-order valence-corrected chi connectivity index (χ4v) is 1.28. The summed E-state index contributed by atoms with van der Waals surface area (Å²) in [6, 6.07) is 3.82. The first-order chi connectivity index (χ1) is 6.56. The zero-order chi connectivity index (χ0) is 10.7. The number of halogens is 1. The van der Waals surface area contributed by atoms with Crippen LogP contribution in [0.4, 0.5) is 5.69 Å². The molecule has 0 aliphatic rings. The van der Waals surface area contributed by atoms with Crippen molar-refractivity contribution in [3.63, 3.8) is 0 Å². The molecule has 6 heteroatoms. The standard InChI is InChI=1S/C8H10ClN3O2/c9-5-1-2-6(7(11)4-10)8(3-5)12(13)14/h1-3,7H,4,10-11H2/t7-/m1/s1. The Balaban J connectivity index is 3.21. The second-order valence-electron chi connectivity index (χ2n) is 2.80. The van der Waals surface area contributed by atoms with Gasteiger partial charge in [0.15, 0.2) is 0 Å². The number of nitro benzene ring substituents is 1. The minimum Gasteiger partial charge on any atom is -0.329 e. The lowest BCUT2D eigenvalue weighted by molar-refractivity contribution is -0.385. The van der Waals surface area contributed by atoms with Gasteiger partial charge >= 0.3 is 0 Å². The molecule has 5 nitrogen and oxygen atoms in total. The number of rotatable bonds is 3. The Labute approximate surface area is 85.8 Å². The van der Waals surface area contributed by atoms with Gasteiger partial charge in [0.25, 0.3) is 5.69 Å². The van der Waals surface area contributed by atoms with Crippen LogP contribution in [-0.2, 0) is 0 Å². The van der Waals surface area contributed by atoms with Gasteiger partial charge in [-0.15, -0.1) is 0 Å². The summed E-state index contributed by atoms with van der Waals surface area (Å²) in [6.07, 6.45) is 0. The van der Waals surface area contributed by atoms with Crippen molar-refractivity contribution in [1.82, 2.24) is 0 Å². The molecule has 0 heterocycles. The summed E-state index contributed by atoms with van der Waals surface area (Å²) in [5.74, 6) is 0. The predicted octanol–water partition coefficient (Wildman–Crippen LogP) is 1.21. The summed E-state index contributed by atoms with van der Waals surface area (Å²) in [5, 5.41) is 11.0. The molecule has 0 fully saturated rings. The first kappa shape index (κ1) is 10.9. The fraction of sp³-hybridized carbons (Fsp3) is 0.250. The van der Waals surface area contributed by atoms with Gasteiger partial charge in [0.05, 0.1) is 4.92 Å². The van der Waals surface area contributed by atoms with Crippen LogP contribution in [-0.4, -0.2) is 11.5 Å². The molecule has 1 rings (SSSR count). The van der Waals surface area contributed by atoms with Crippen molar-refractivity contribution >= 4 is 17.3 Å². The predicted molar refractivity (Wildman–Crippen MR) is 54.1 cm³/mol. The summed E-state index contributed by atoms with van der Waals surface area (Å²) >= 11 is 5.63. The van der Waals surface area contributed by atoms with Gasteiger partial charge < -0.3 is 11.5 Å². The average Bonchev–Trinajstić information content (AvgIpc) is 2.16. The first-order valence-electron chi connectivity index (χ1n) is 3.95. The van der Waals surface area contributed by atoms with Crippen molar-refractivity contribution in [2.75, 3.05) is 6.54 Å². The summed E-state index contributed by atoms with van der Waals surface area (Å²) < 4.78 is 0. The van der Waals surface area contributed by atoms with Crippen molar-refractivity contribution in [2.24, 2.45) is 11.5 Å². The number of nitrogens with zero attached hydrogens (tertiary/aromatic N) is 1. The van der Waals surface area contributed by atoms with E-state index in [0.717, 1.165) is 0 Å². The number of hydrogen-bond acceptors (Lipinski definition) is 4. The monoisotopic (exact) mass is 215 g/mol. The van der Waals surface area contributed by atoms with Crippen molar-refractivity contribution < 1.29 is 4.92 Å². The second kappa shape index (κ2) is 4.36. The molecule has 0 bridgehead atoms. The quantitative estimate of drug-likeness (QED) is 0.585.